The highest BCUT2D eigenvalue weighted by molar-refractivity contribution is 5.75. The molecule has 1 aromatic rings. The van der Waals surface area contributed by atoms with Crippen molar-refractivity contribution in [3.63, 3.8) is 0 Å². The third-order valence-electron chi connectivity index (χ3n) is 3.96. The molecule has 0 saturated carbocycles. The van der Waals surface area contributed by atoms with Crippen molar-refractivity contribution in [1.82, 2.24) is 15.5 Å². The molecule has 1 amide bonds. The van der Waals surface area contributed by atoms with E-state index in [2.05, 4.69) is 47.8 Å². The molecule has 2 N–H and O–H groups in total. The van der Waals surface area contributed by atoms with E-state index in [9.17, 15) is 4.79 Å². The molecule has 1 aromatic carbocycles. The van der Waals surface area contributed by atoms with Gasteiger partial charge in [-0.25, -0.2) is 0 Å². The fourth-order valence-corrected chi connectivity index (χ4v) is 2.82. The summed E-state index contributed by atoms with van der Waals surface area (Å²) in [6, 6.07) is 8.84. The third kappa shape index (κ3) is 5.48. The zero-order valence-electron chi connectivity index (χ0n) is 13.2. The maximum absolute atomic E-state index is 12.0. The summed E-state index contributed by atoms with van der Waals surface area (Å²) >= 11 is 0. The molecule has 1 heterocycles. The van der Waals surface area contributed by atoms with E-state index in [-0.39, 0.29) is 5.91 Å². The van der Waals surface area contributed by atoms with Crippen LogP contribution in [0.2, 0.25) is 0 Å². The van der Waals surface area contributed by atoms with Crippen molar-refractivity contribution in [2.75, 3.05) is 20.6 Å². The third-order valence-corrected chi connectivity index (χ3v) is 3.96. The van der Waals surface area contributed by atoms with Gasteiger partial charge in [0.05, 0.1) is 0 Å². The van der Waals surface area contributed by atoms with E-state index in [1.807, 2.05) is 6.07 Å². The highest BCUT2D eigenvalue weighted by atomic mass is 16.1. The second kappa shape index (κ2) is 8.15. The van der Waals surface area contributed by atoms with E-state index < -0.39 is 0 Å². The Kier molecular flexibility index (Phi) is 6.21. The first-order valence-electron chi connectivity index (χ1n) is 7.87. The number of benzene rings is 1. The molecule has 1 aliphatic rings. The Hall–Kier alpha value is -1.39. The van der Waals surface area contributed by atoms with Crippen LogP contribution in [0, 0.1) is 0 Å². The molecule has 1 atom stereocenters. The second-order valence-corrected chi connectivity index (χ2v) is 6.12. The van der Waals surface area contributed by atoms with Crippen LogP contribution in [0.1, 0.15) is 36.8 Å². The number of rotatable bonds is 7. The minimum absolute atomic E-state index is 0.156. The summed E-state index contributed by atoms with van der Waals surface area (Å²) in [7, 11) is 4.12. The van der Waals surface area contributed by atoms with Gasteiger partial charge in [-0.05, 0) is 51.0 Å². The first-order chi connectivity index (χ1) is 10.1. The van der Waals surface area contributed by atoms with Gasteiger partial charge in [-0.3, -0.25) is 4.79 Å². The molecule has 1 fully saturated rings. The monoisotopic (exact) mass is 289 g/mol. The molecule has 0 bridgehead atoms. The molecule has 0 aromatic heterocycles. The first-order valence-corrected chi connectivity index (χ1v) is 7.87. The molecule has 1 saturated heterocycles. The molecule has 1 unspecified atom stereocenters. The van der Waals surface area contributed by atoms with E-state index >= 15 is 0 Å². The van der Waals surface area contributed by atoms with Gasteiger partial charge in [0.25, 0.3) is 0 Å². The Bertz CT molecular complexity index is 453. The molecule has 21 heavy (non-hydrogen) atoms. The zero-order valence-corrected chi connectivity index (χ0v) is 13.2. The van der Waals surface area contributed by atoms with E-state index in [1.165, 1.54) is 24.0 Å². The SMILES string of the molecule is CN(C)Cc1ccccc1CNC(=O)CCC1CCCN1. The Balaban J connectivity index is 1.77. The van der Waals surface area contributed by atoms with Crippen LogP contribution in [0.5, 0.6) is 0 Å². The molecule has 1 aliphatic heterocycles. The topological polar surface area (TPSA) is 44.4 Å². The Morgan fingerprint density at radius 3 is 2.76 bits per heavy atom. The summed E-state index contributed by atoms with van der Waals surface area (Å²) in [5.41, 5.74) is 2.49. The summed E-state index contributed by atoms with van der Waals surface area (Å²) in [4.78, 5) is 14.1. The lowest BCUT2D eigenvalue weighted by molar-refractivity contribution is -0.121. The van der Waals surface area contributed by atoms with Crippen LogP contribution in [0.3, 0.4) is 0 Å². The standard InChI is InChI=1S/C17H27N3O/c1-20(2)13-15-7-4-3-6-14(15)12-19-17(21)10-9-16-8-5-11-18-16/h3-4,6-7,16,18H,5,8-13H2,1-2H3,(H,19,21). The van der Waals surface area contributed by atoms with Crippen molar-refractivity contribution in [2.24, 2.45) is 0 Å². The molecular weight excluding hydrogens is 262 g/mol. The summed E-state index contributed by atoms with van der Waals surface area (Å²) in [5, 5.41) is 6.48. The van der Waals surface area contributed by atoms with Crippen LogP contribution in [-0.4, -0.2) is 37.5 Å². The van der Waals surface area contributed by atoms with Crippen LogP contribution in [0.25, 0.3) is 0 Å². The van der Waals surface area contributed by atoms with Gasteiger partial charge in [0.1, 0.15) is 0 Å². The summed E-state index contributed by atoms with van der Waals surface area (Å²) < 4.78 is 0. The number of nitrogens with one attached hydrogen (secondary N) is 2. The highest BCUT2D eigenvalue weighted by Gasteiger charge is 2.15. The van der Waals surface area contributed by atoms with Crippen LogP contribution in [0.4, 0.5) is 0 Å². The van der Waals surface area contributed by atoms with Gasteiger partial charge in [-0.2, -0.15) is 0 Å². The predicted octanol–water partition coefficient (Wildman–Crippen LogP) is 1.90. The summed E-state index contributed by atoms with van der Waals surface area (Å²) in [5.74, 6) is 0.156. The van der Waals surface area contributed by atoms with Crippen molar-refractivity contribution in [2.45, 2.75) is 44.8 Å². The van der Waals surface area contributed by atoms with E-state index in [1.54, 1.807) is 0 Å². The Morgan fingerprint density at radius 1 is 1.33 bits per heavy atom. The second-order valence-electron chi connectivity index (χ2n) is 6.12. The predicted molar refractivity (Wildman–Crippen MR) is 85.9 cm³/mol. The first kappa shape index (κ1) is 16.0. The van der Waals surface area contributed by atoms with Gasteiger partial charge in [0.15, 0.2) is 0 Å². The van der Waals surface area contributed by atoms with Gasteiger partial charge in [0.2, 0.25) is 5.91 Å². The maximum atomic E-state index is 12.0. The van der Waals surface area contributed by atoms with Crippen molar-refractivity contribution in [3.8, 4) is 0 Å². The van der Waals surface area contributed by atoms with Crippen LogP contribution in [0.15, 0.2) is 24.3 Å². The quantitative estimate of drug-likeness (QED) is 0.806. The number of carbonyl (C=O) groups is 1. The molecule has 4 heteroatoms. The van der Waals surface area contributed by atoms with Gasteiger partial charge in [-0.15, -0.1) is 0 Å². The van der Waals surface area contributed by atoms with E-state index in [4.69, 9.17) is 0 Å². The highest BCUT2D eigenvalue weighted by Crippen LogP contribution is 2.12. The van der Waals surface area contributed by atoms with Gasteiger partial charge < -0.3 is 15.5 Å². The Labute approximate surface area is 127 Å². The Morgan fingerprint density at radius 2 is 2.10 bits per heavy atom. The number of amides is 1. The lowest BCUT2D eigenvalue weighted by Gasteiger charge is -2.15. The van der Waals surface area contributed by atoms with E-state index in [0.29, 0.717) is 19.0 Å². The number of hydrogen-bond acceptors (Lipinski definition) is 3. The molecular formula is C17H27N3O. The number of nitrogens with zero attached hydrogens (tertiary/aromatic N) is 1. The van der Waals surface area contributed by atoms with Crippen LogP contribution < -0.4 is 10.6 Å². The minimum Gasteiger partial charge on any atom is -0.352 e. The fourth-order valence-electron chi connectivity index (χ4n) is 2.82. The summed E-state index contributed by atoms with van der Waals surface area (Å²) in [6.45, 7) is 2.63. The average molecular weight is 289 g/mol. The molecule has 0 radical (unpaired) electrons. The van der Waals surface area contributed by atoms with Crippen molar-refractivity contribution in [1.29, 1.82) is 0 Å². The molecule has 116 valence electrons. The fraction of sp³-hybridized carbons (Fsp3) is 0.588. The molecule has 4 nitrogen and oxygen atoms in total. The van der Waals surface area contributed by atoms with E-state index in [0.717, 1.165) is 19.5 Å². The smallest absolute Gasteiger partial charge is 0.220 e. The minimum atomic E-state index is 0.156. The van der Waals surface area contributed by atoms with Gasteiger partial charge in [0, 0.05) is 25.6 Å². The van der Waals surface area contributed by atoms with Crippen molar-refractivity contribution >= 4 is 5.91 Å². The zero-order chi connectivity index (χ0) is 15.1. The largest absolute Gasteiger partial charge is 0.352 e. The number of carbonyl (C=O) groups excluding carboxylic acids is 1. The molecule has 0 aliphatic carbocycles. The maximum Gasteiger partial charge on any atom is 0.220 e. The summed E-state index contributed by atoms with van der Waals surface area (Å²) in [6.07, 6.45) is 4.02. The lowest BCUT2D eigenvalue weighted by Crippen LogP contribution is -2.27. The average Bonchev–Trinajstić information content (AvgIpc) is 2.97. The van der Waals surface area contributed by atoms with Crippen LogP contribution in [-0.2, 0) is 17.9 Å². The normalized spacial score (nSPS) is 18.1. The lowest BCUT2D eigenvalue weighted by atomic mass is 10.1. The van der Waals surface area contributed by atoms with Crippen molar-refractivity contribution in [3.05, 3.63) is 35.4 Å². The molecule has 0 spiro atoms. The number of hydrogen-bond donors (Lipinski definition) is 2. The van der Waals surface area contributed by atoms with Crippen molar-refractivity contribution < 1.29 is 4.79 Å². The van der Waals surface area contributed by atoms with Gasteiger partial charge >= 0.3 is 0 Å². The van der Waals surface area contributed by atoms with Gasteiger partial charge in [-0.1, -0.05) is 24.3 Å². The molecule has 2 rings (SSSR count). The van der Waals surface area contributed by atoms with Crippen LogP contribution >= 0.6 is 0 Å².